The summed E-state index contributed by atoms with van der Waals surface area (Å²) in [6.07, 6.45) is 3.19. The van der Waals surface area contributed by atoms with Gasteiger partial charge in [-0.25, -0.2) is 4.79 Å². The summed E-state index contributed by atoms with van der Waals surface area (Å²) >= 11 is 5.88. The van der Waals surface area contributed by atoms with Crippen LogP contribution in [0.5, 0.6) is 0 Å². The Labute approximate surface area is 118 Å². The summed E-state index contributed by atoms with van der Waals surface area (Å²) in [4.78, 5) is 11.4. The smallest absolute Gasteiger partial charge is 0.407 e. The first kappa shape index (κ1) is 15.4. The molecule has 0 saturated heterocycles. The number of amides is 1. The Morgan fingerprint density at radius 3 is 2.68 bits per heavy atom. The predicted molar refractivity (Wildman–Crippen MR) is 79.1 cm³/mol. The van der Waals surface area contributed by atoms with Gasteiger partial charge in [0.2, 0.25) is 0 Å². The summed E-state index contributed by atoms with van der Waals surface area (Å²) in [6, 6.07) is 5.27. The second kappa shape index (κ2) is 6.48. The van der Waals surface area contributed by atoms with Gasteiger partial charge in [0.1, 0.15) is 5.60 Å². The molecule has 4 nitrogen and oxygen atoms in total. The van der Waals surface area contributed by atoms with Crippen LogP contribution in [-0.4, -0.2) is 18.2 Å². The Bertz CT molecular complexity index is 459. The SMILES string of the molecule is CC(C)(C)OC(=O)NCC=Cc1cc(N)cc(Cl)c1. The van der Waals surface area contributed by atoms with Gasteiger partial charge < -0.3 is 15.8 Å². The van der Waals surface area contributed by atoms with Crippen LogP contribution < -0.4 is 11.1 Å². The number of benzene rings is 1. The van der Waals surface area contributed by atoms with Crippen molar-refractivity contribution in [2.45, 2.75) is 26.4 Å². The molecule has 1 aromatic carbocycles. The van der Waals surface area contributed by atoms with Crippen LogP contribution in [-0.2, 0) is 4.74 Å². The first-order valence-corrected chi connectivity index (χ1v) is 6.33. The zero-order chi connectivity index (χ0) is 14.5. The number of carbonyl (C=O) groups is 1. The zero-order valence-corrected chi connectivity index (χ0v) is 12.1. The van der Waals surface area contributed by atoms with Gasteiger partial charge >= 0.3 is 6.09 Å². The highest BCUT2D eigenvalue weighted by atomic mass is 35.5. The first-order chi connectivity index (χ1) is 8.76. The number of rotatable bonds is 3. The molecule has 0 radical (unpaired) electrons. The highest BCUT2D eigenvalue weighted by molar-refractivity contribution is 6.31. The lowest BCUT2D eigenvalue weighted by atomic mass is 10.2. The average Bonchev–Trinajstić information content (AvgIpc) is 2.20. The molecule has 1 rings (SSSR count). The topological polar surface area (TPSA) is 64.3 Å². The van der Waals surface area contributed by atoms with Gasteiger partial charge in [-0.3, -0.25) is 0 Å². The molecule has 0 saturated carbocycles. The quantitative estimate of drug-likeness (QED) is 0.835. The van der Waals surface area contributed by atoms with E-state index in [2.05, 4.69) is 5.32 Å². The number of hydrogen-bond donors (Lipinski definition) is 2. The fraction of sp³-hybridized carbons (Fsp3) is 0.357. The number of ether oxygens (including phenoxy) is 1. The number of carbonyl (C=O) groups excluding carboxylic acids is 1. The largest absolute Gasteiger partial charge is 0.444 e. The highest BCUT2D eigenvalue weighted by Crippen LogP contribution is 2.17. The third-order valence-corrected chi connectivity index (χ3v) is 2.23. The minimum Gasteiger partial charge on any atom is -0.444 e. The Morgan fingerprint density at radius 1 is 1.42 bits per heavy atom. The van der Waals surface area contributed by atoms with Crippen LogP contribution in [0.15, 0.2) is 24.3 Å². The van der Waals surface area contributed by atoms with Crippen LogP contribution in [0.25, 0.3) is 6.08 Å². The van der Waals surface area contributed by atoms with Gasteiger partial charge in [-0.1, -0.05) is 23.8 Å². The number of anilines is 1. The summed E-state index contributed by atoms with van der Waals surface area (Å²) in [5.41, 5.74) is 6.67. The summed E-state index contributed by atoms with van der Waals surface area (Å²) in [6.45, 7) is 5.83. The van der Waals surface area contributed by atoms with Gasteiger partial charge in [-0.05, 0) is 44.5 Å². The molecule has 0 fully saturated rings. The lowest BCUT2D eigenvalue weighted by molar-refractivity contribution is 0.0534. The van der Waals surface area contributed by atoms with E-state index in [9.17, 15) is 4.79 Å². The Kier molecular flexibility index (Phi) is 5.24. The third kappa shape index (κ3) is 6.72. The van der Waals surface area contributed by atoms with Crippen molar-refractivity contribution in [1.29, 1.82) is 0 Å². The average molecular weight is 283 g/mol. The van der Waals surface area contributed by atoms with Crippen LogP contribution in [0, 0.1) is 0 Å². The maximum Gasteiger partial charge on any atom is 0.407 e. The highest BCUT2D eigenvalue weighted by Gasteiger charge is 2.14. The molecule has 1 amide bonds. The Hall–Kier alpha value is -1.68. The number of nitrogens with one attached hydrogen (secondary N) is 1. The van der Waals surface area contributed by atoms with E-state index in [0.29, 0.717) is 17.3 Å². The molecular formula is C14H19ClN2O2. The van der Waals surface area contributed by atoms with Crippen LogP contribution in [0.2, 0.25) is 5.02 Å². The van der Waals surface area contributed by atoms with Crippen LogP contribution in [0.4, 0.5) is 10.5 Å². The molecule has 0 spiro atoms. The number of hydrogen-bond acceptors (Lipinski definition) is 3. The molecule has 0 aliphatic rings. The van der Waals surface area contributed by atoms with E-state index in [-0.39, 0.29) is 0 Å². The van der Waals surface area contributed by atoms with Gasteiger partial charge in [0.15, 0.2) is 0 Å². The fourth-order valence-electron chi connectivity index (χ4n) is 1.38. The summed E-state index contributed by atoms with van der Waals surface area (Å²) in [5.74, 6) is 0. The van der Waals surface area contributed by atoms with E-state index >= 15 is 0 Å². The third-order valence-electron chi connectivity index (χ3n) is 2.02. The second-order valence-corrected chi connectivity index (χ2v) is 5.54. The van der Waals surface area contributed by atoms with Crippen molar-refractivity contribution in [3.05, 3.63) is 34.9 Å². The van der Waals surface area contributed by atoms with Crippen molar-refractivity contribution in [3.63, 3.8) is 0 Å². The Morgan fingerprint density at radius 2 is 2.11 bits per heavy atom. The molecule has 0 aliphatic carbocycles. The van der Waals surface area contributed by atoms with Crippen molar-refractivity contribution in [2.75, 3.05) is 12.3 Å². The monoisotopic (exact) mass is 282 g/mol. The summed E-state index contributed by atoms with van der Waals surface area (Å²) in [7, 11) is 0. The fourth-order valence-corrected chi connectivity index (χ4v) is 1.64. The van der Waals surface area contributed by atoms with E-state index in [4.69, 9.17) is 22.1 Å². The molecule has 3 N–H and O–H groups in total. The van der Waals surface area contributed by atoms with Crippen molar-refractivity contribution < 1.29 is 9.53 Å². The summed E-state index contributed by atoms with van der Waals surface area (Å²) < 4.78 is 5.10. The normalized spacial score (nSPS) is 11.6. The van der Waals surface area contributed by atoms with Gasteiger partial charge in [0, 0.05) is 17.3 Å². The van der Waals surface area contributed by atoms with E-state index in [1.807, 2.05) is 26.8 Å². The summed E-state index contributed by atoms with van der Waals surface area (Å²) in [5, 5.41) is 3.21. The first-order valence-electron chi connectivity index (χ1n) is 5.96. The molecule has 19 heavy (non-hydrogen) atoms. The van der Waals surface area contributed by atoms with Gasteiger partial charge in [0.05, 0.1) is 0 Å². The minimum absolute atomic E-state index is 0.376. The molecule has 1 aromatic rings. The zero-order valence-electron chi connectivity index (χ0n) is 11.4. The lowest BCUT2D eigenvalue weighted by Crippen LogP contribution is -2.32. The molecule has 5 heteroatoms. The van der Waals surface area contributed by atoms with E-state index in [0.717, 1.165) is 5.56 Å². The molecule has 0 unspecified atom stereocenters. The molecule has 0 atom stereocenters. The maximum atomic E-state index is 11.4. The second-order valence-electron chi connectivity index (χ2n) is 5.10. The molecule has 0 aliphatic heterocycles. The molecule has 0 bridgehead atoms. The number of alkyl carbamates (subject to hydrolysis) is 1. The molecular weight excluding hydrogens is 264 g/mol. The molecule has 0 aromatic heterocycles. The number of halogens is 1. The van der Waals surface area contributed by atoms with E-state index in [1.54, 1.807) is 24.3 Å². The minimum atomic E-state index is -0.491. The van der Waals surface area contributed by atoms with Crippen LogP contribution in [0.1, 0.15) is 26.3 Å². The van der Waals surface area contributed by atoms with Gasteiger partial charge in [-0.2, -0.15) is 0 Å². The van der Waals surface area contributed by atoms with Crippen molar-refractivity contribution >= 4 is 29.5 Å². The van der Waals surface area contributed by atoms with Crippen LogP contribution in [0.3, 0.4) is 0 Å². The Balaban J connectivity index is 2.44. The van der Waals surface area contributed by atoms with Crippen molar-refractivity contribution in [3.8, 4) is 0 Å². The molecule has 0 heterocycles. The van der Waals surface area contributed by atoms with Gasteiger partial charge in [-0.15, -0.1) is 0 Å². The van der Waals surface area contributed by atoms with E-state index < -0.39 is 11.7 Å². The molecule has 104 valence electrons. The number of nitrogens with two attached hydrogens (primary N) is 1. The predicted octanol–water partition coefficient (Wildman–Crippen LogP) is 3.46. The van der Waals surface area contributed by atoms with E-state index in [1.165, 1.54) is 0 Å². The lowest BCUT2D eigenvalue weighted by Gasteiger charge is -2.19. The maximum absolute atomic E-state index is 11.4. The van der Waals surface area contributed by atoms with Crippen molar-refractivity contribution in [1.82, 2.24) is 5.32 Å². The van der Waals surface area contributed by atoms with Crippen molar-refractivity contribution in [2.24, 2.45) is 0 Å². The standard InChI is InChI=1S/C14H19ClN2O2/c1-14(2,3)19-13(18)17-6-4-5-10-7-11(15)9-12(16)8-10/h4-5,7-9H,6,16H2,1-3H3,(H,17,18). The number of nitrogen functional groups attached to an aromatic ring is 1. The van der Waals surface area contributed by atoms with Gasteiger partial charge in [0.25, 0.3) is 0 Å². The van der Waals surface area contributed by atoms with Crippen LogP contribution >= 0.6 is 11.6 Å².